The summed E-state index contributed by atoms with van der Waals surface area (Å²) in [5.41, 5.74) is 6.39. The van der Waals surface area contributed by atoms with E-state index >= 15 is 0 Å². The lowest BCUT2D eigenvalue weighted by molar-refractivity contribution is -0.118. The first kappa shape index (κ1) is 19.3. The van der Waals surface area contributed by atoms with Gasteiger partial charge in [-0.3, -0.25) is 14.2 Å². The van der Waals surface area contributed by atoms with E-state index < -0.39 is 23.7 Å². The molecule has 152 valence electrons. The molecule has 0 unspecified atom stereocenters. The Bertz CT molecular complexity index is 1270. The highest BCUT2D eigenvalue weighted by atomic mass is 35.5. The van der Waals surface area contributed by atoms with Crippen molar-refractivity contribution in [2.75, 3.05) is 11.4 Å². The number of primary amides is 1. The maximum atomic E-state index is 13.1. The number of benzene rings is 1. The Labute approximate surface area is 170 Å². The summed E-state index contributed by atoms with van der Waals surface area (Å²) < 4.78 is 3.93. The van der Waals surface area contributed by atoms with Crippen molar-refractivity contribution in [1.29, 1.82) is 0 Å². The van der Waals surface area contributed by atoms with Gasteiger partial charge in [-0.05, 0) is 30.5 Å². The number of rotatable bonds is 3. The van der Waals surface area contributed by atoms with Crippen LogP contribution in [0.1, 0.15) is 12.5 Å². The Balaban J connectivity index is 2.00. The fourth-order valence-electron chi connectivity index (χ4n) is 3.77. The standard InChI is InChI=1S/C19H21ClN6O3/c1-10-7-24(12-5-4-11(2)13(20)6-12)18-22-16-15(25(18)8-10)17(28)26(9-14(21)27)19(29)23(16)3/h4-6,10H,7-9H2,1-3H3,(H2,21,27)/t10-/m1/s1. The smallest absolute Gasteiger partial charge is 0.332 e. The molecular weight excluding hydrogens is 396 g/mol. The Morgan fingerprint density at radius 1 is 1.31 bits per heavy atom. The zero-order valence-electron chi connectivity index (χ0n) is 16.3. The quantitative estimate of drug-likeness (QED) is 0.688. The molecule has 29 heavy (non-hydrogen) atoms. The number of carbonyl (C=O) groups is 1. The monoisotopic (exact) mass is 416 g/mol. The molecule has 0 aliphatic carbocycles. The number of halogens is 1. The molecule has 10 heteroatoms. The molecule has 1 aromatic carbocycles. The maximum Gasteiger partial charge on any atom is 0.332 e. The number of aromatic nitrogens is 4. The van der Waals surface area contributed by atoms with E-state index in [0.29, 0.717) is 24.1 Å². The van der Waals surface area contributed by atoms with E-state index in [9.17, 15) is 14.4 Å². The molecule has 1 atom stereocenters. The molecular formula is C19H21ClN6O3. The molecule has 4 rings (SSSR count). The van der Waals surface area contributed by atoms with Gasteiger partial charge in [-0.1, -0.05) is 24.6 Å². The van der Waals surface area contributed by atoms with Gasteiger partial charge in [0.25, 0.3) is 5.56 Å². The van der Waals surface area contributed by atoms with Crippen LogP contribution in [0.15, 0.2) is 27.8 Å². The number of nitrogens with two attached hydrogens (primary N) is 1. The van der Waals surface area contributed by atoms with Crippen molar-refractivity contribution in [2.24, 2.45) is 18.7 Å². The third-order valence-electron chi connectivity index (χ3n) is 5.22. The Morgan fingerprint density at radius 3 is 2.69 bits per heavy atom. The Morgan fingerprint density at radius 2 is 2.03 bits per heavy atom. The van der Waals surface area contributed by atoms with Crippen molar-refractivity contribution in [1.82, 2.24) is 18.7 Å². The van der Waals surface area contributed by atoms with Crippen LogP contribution in [0.2, 0.25) is 5.02 Å². The molecule has 3 heterocycles. The number of aryl methyl sites for hydroxylation is 2. The van der Waals surface area contributed by atoms with Crippen LogP contribution in [0.25, 0.3) is 11.2 Å². The number of fused-ring (bicyclic) bond motifs is 3. The van der Waals surface area contributed by atoms with Crippen LogP contribution in [0, 0.1) is 12.8 Å². The summed E-state index contributed by atoms with van der Waals surface area (Å²) in [6.07, 6.45) is 0. The number of anilines is 2. The summed E-state index contributed by atoms with van der Waals surface area (Å²) in [4.78, 5) is 43.6. The largest absolute Gasteiger partial charge is 0.368 e. The summed E-state index contributed by atoms with van der Waals surface area (Å²) in [6, 6.07) is 5.75. The minimum atomic E-state index is -0.758. The van der Waals surface area contributed by atoms with Gasteiger partial charge in [-0.15, -0.1) is 0 Å². The number of hydrogen-bond donors (Lipinski definition) is 1. The van der Waals surface area contributed by atoms with E-state index in [1.165, 1.54) is 11.6 Å². The summed E-state index contributed by atoms with van der Waals surface area (Å²) >= 11 is 6.32. The van der Waals surface area contributed by atoms with Gasteiger partial charge in [0, 0.05) is 30.8 Å². The summed E-state index contributed by atoms with van der Waals surface area (Å²) in [7, 11) is 1.52. The lowest BCUT2D eigenvalue weighted by Crippen LogP contribution is -2.43. The van der Waals surface area contributed by atoms with Gasteiger partial charge in [0.05, 0.1) is 0 Å². The molecule has 0 fully saturated rings. The summed E-state index contributed by atoms with van der Waals surface area (Å²) in [6.45, 7) is 4.77. The molecule has 1 amide bonds. The van der Waals surface area contributed by atoms with Gasteiger partial charge in [0.15, 0.2) is 11.2 Å². The number of nitrogens with zero attached hydrogens (tertiary/aromatic N) is 5. The van der Waals surface area contributed by atoms with E-state index in [1.54, 1.807) is 4.57 Å². The van der Waals surface area contributed by atoms with Crippen molar-refractivity contribution in [3.05, 3.63) is 49.6 Å². The second-order valence-corrected chi connectivity index (χ2v) is 7.95. The molecule has 1 aliphatic rings. The van der Waals surface area contributed by atoms with Crippen molar-refractivity contribution in [2.45, 2.75) is 26.9 Å². The molecule has 0 saturated heterocycles. The third-order valence-corrected chi connectivity index (χ3v) is 5.63. The minimum absolute atomic E-state index is 0.209. The summed E-state index contributed by atoms with van der Waals surface area (Å²) in [5.74, 6) is 0.00868. The lowest BCUT2D eigenvalue weighted by atomic mass is 10.1. The first-order valence-electron chi connectivity index (χ1n) is 9.21. The molecule has 2 N–H and O–H groups in total. The molecule has 0 radical (unpaired) electrons. The van der Waals surface area contributed by atoms with E-state index in [0.717, 1.165) is 15.8 Å². The minimum Gasteiger partial charge on any atom is -0.368 e. The highest BCUT2D eigenvalue weighted by Gasteiger charge is 2.30. The fourth-order valence-corrected chi connectivity index (χ4v) is 3.94. The normalized spacial score (nSPS) is 16.3. The zero-order chi connectivity index (χ0) is 21.0. The van der Waals surface area contributed by atoms with Crippen LogP contribution < -0.4 is 21.9 Å². The van der Waals surface area contributed by atoms with Crippen molar-refractivity contribution in [3.63, 3.8) is 0 Å². The van der Waals surface area contributed by atoms with Crippen molar-refractivity contribution >= 4 is 40.3 Å². The van der Waals surface area contributed by atoms with Crippen LogP contribution in [0.3, 0.4) is 0 Å². The zero-order valence-corrected chi connectivity index (χ0v) is 17.1. The Kier molecular flexibility index (Phi) is 4.49. The van der Waals surface area contributed by atoms with Crippen LogP contribution in [-0.4, -0.2) is 31.1 Å². The van der Waals surface area contributed by atoms with Gasteiger partial charge in [-0.2, -0.15) is 4.98 Å². The second kappa shape index (κ2) is 6.77. The van der Waals surface area contributed by atoms with Gasteiger partial charge >= 0.3 is 5.69 Å². The summed E-state index contributed by atoms with van der Waals surface area (Å²) in [5, 5.41) is 0.639. The fraction of sp³-hybridized carbons (Fsp3) is 0.368. The number of amides is 1. The topological polar surface area (TPSA) is 108 Å². The average Bonchev–Trinajstić information content (AvgIpc) is 3.04. The van der Waals surface area contributed by atoms with Crippen LogP contribution >= 0.6 is 11.6 Å². The Hall–Kier alpha value is -3.07. The molecule has 0 spiro atoms. The van der Waals surface area contributed by atoms with E-state index in [4.69, 9.17) is 17.3 Å². The van der Waals surface area contributed by atoms with E-state index in [-0.39, 0.29) is 17.1 Å². The van der Waals surface area contributed by atoms with Crippen LogP contribution in [0.5, 0.6) is 0 Å². The predicted molar refractivity (Wildman–Crippen MR) is 111 cm³/mol. The lowest BCUT2D eigenvalue weighted by Gasteiger charge is -2.33. The maximum absolute atomic E-state index is 13.1. The van der Waals surface area contributed by atoms with Crippen molar-refractivity contribution < 1.29 is 4.79 Å². The van der Waals surface area contributed by atoms with Crippen LogP contribution in [-0.2, 0) is 24.9 Å². The molecule has 2 aromatic heterocycles. The van der Waals surface area contributed by atoms with Crippen LogP contribution in [0.4, 0.5) is 11.6 Å². The second-order valence-electron chi connectivity index (χ2n) is 7.54. The molecule has 3 aromatic rings. The van der Waals surface area contributed by atoms with Gasteiger partial charge < -0.3 is 15.2 Å². The molecule has 1 aliphatic heterocycles. The van der Waals surface area contributed by atoms with Gasteiger partial charge in [-0.25, -0.2) is 9.36 Å². The predicted octanol–water partition coefficient (Wildman–Crippen LogP) is 1.13. The SMILES string of the molecule is Cc1ccc(N2C[C@@H](C)Cn3c2nc2c3c(=O)n(CC(N)=O)c(=O)n2C)cc1Cl. The first-order chi connectivity index (χ1) is 13.7. The number of imidazole rings is 1. The van der Waals surface area contributed by atoms with Gasteiger partial charge in [0.1, 0.15) is 6.54 Å². The third kappa shape index (κ3) is 3.02. The molecule has 9 nitrogen and oxygen atoms in total. The van der Waals surface area contributed by atoms with Crippen molar-refractivity contribution in [3.8, 4) is 0 Å². The average molecular weight is 417 g/mol. The van der Waals surface area contributed by atoms with Gasteiger partial charge in [0.2, 0.25) is 11.9 Å². The number of carbonyl (C=O) groups excluding carboxylic acids is 1. The molecule has 0 bridgehead atoms. The molecule has 0 saturated carbocycles. The highest BCUT2D eigenvalue weighted by Crippen LogP contribution is 2.34. The first-order valence-corrected chi connectivity index (χ1v) is 9.59. The van der Waals surface area contributed by atoms with E-state index in [2.05, 4.69) is 11.9 Å². The number of hydrogen-bond acceptors (Lipinski definition) is 5. The highest BCUT2D eigenvalue weighted by molar-refractivity contribution is 6.31. The van der Waals surface area contributed by atoms with E-state index in [1.807, 2.05) is 30.0 Å².